The smallest absolute Gasteiger partial charge is 0.220 e. The molecular formula is C18H24N2O. The highest BCUT2D eigenvalue weighted by molar-refractivity contribution is 5.82. The fraction of sp³-hybridized carbons (Fsp3) is 0.500. The topological polar surface area (TPSA) is 44.9 Å². The molecule has 1 aromatic heterocycles. The molecule has 1 fully saturated rings. The molecule has 0 atom stereocenters. The molecule has 1 aliphatic rings. The average molecular weight is 284 g/mol. The van der Waals surface area contributed by atoms with Gasteiger partial charge in [0, 0.05) is 17.6 Å². The number of carbonyl (C=O) groups excluding carboxylic acids is 1. The lowest BCUT2D eigenvalue weighted by molar-refractivity contribution is -0.121. The molecule has 0 radical (unpaired) electrons. The van der Waals surface area contributed by atoms with Gasteiger partial charge in [0.05, 0.1) is 6.54 Å². The summed E-state index contributed by atoms with van der Waals surface area (Å²) in [6, 6.07) is 6.62. The van der Waals surface area contributed by atoms with Crippen LogP contribution < -0.4 is 5.32 Å². The monoisotopic (exact) mass is 284 g/mol. The van der Waals surface area contributed by atoms with Crippen molar-refractivity contribution < 1.29 is 4.79 Å². The first-order valence-corrected chi connectivity index (χ1v) is 7.91. The van der Waals surface area contributed by atoms with Crippen molar-refractivity contribution in [1.29, 1.82) is 0 Å². The van der Waals surface area contributed by atoms with Gasteiger partial charge in [-0.2, -0.15) is 0 Å². The first kappa shape index (κ1) is 14.2. The standard InChI is InChI=1S/C18H24N2O/c1-11(2)16-9-17-14(6-12(16)3)8-15(20-17)10-19-18(21)7-13-4-5-13/h6,8-9,11,13,20H,4-5,7,10H2,1-3H3,(H,19,21). The molecule has 3 rings (SSSR count). The number of nitrogens with one attached hydrogen (secondary N) is 2. The van der Waals surface area contributed by atoms with Gasteiger partial charge in [-0.05, 0) is 66.3 Å². The van der Waals surface area contributed by atoms with Crippen molar-refractivity contribution in [3.63, 3.8) is 0 Å². The van der Waals surface area contributed by atoms with Gasteiger partial charge in [-0.1, -0.05) is 13.8 Å². The SMILES string of the molecule is Cc1cc2cc(CNC(=O)CC3CC3)[nH]c2cc1C(C)C. The molecule has 21 heavy (non-hydrogen) atoms. The highest BCUT2D eigenvalue weighted by atomic mass is 16.1. The number of hydrogen-bond donors (Lipinski definition) is 2. The van der Waals surface area contributed by atoms with Crippen molar-refractivity contribution in [3.8, 4) is 0 Å². The van der Waals surface area contributed by atoms with Gasteiger partial charge in [0.15, 0.2) is 0 Å². The lowest BCUT2D eigenvalue weighted by Crippen LogP contribution is -2.22. The zero-order chi connectivity index (χ0) is 15.0. The van der Waals surface area contributed by atoms with E-state index < -0.39 is 0 Å². The number of carbonyl (C=O) groups is 1. The second kappa shape index (κ2) is 5.55. The van der Waals surface area contributed by atoms with E-state index in [9.17, 15) is 4.79 Å². The Hall–Kier alpha value is -1.77. The van der Waals surface area contributed by atoms with E-state index in [4.69, 9.17) is 0 Å². The molecule has 3 heteroatoms. The molecule has 3 nitrogen and oxygen atoms in total. The second-order valence-corrected chi connectivity index (χ2v) is 6.67. The summed E-state index contributed by atoms with van der Waals surface area (Å²) in [7, 11) is 0. The van der Waals surface area contributed by atoms with Gasteiger partial charge < -0.3 is 10.3 Å². The van der Waals surface area contributed by atoms with Gasteiger partial charge >= 0.3 is 0 Å². The number of aryl methyl sites for hydroxylation is 1. The van der Waals surface area contributed by atoms with Crippen LogP contribution in [0, 0.1) is 12.8 Å². The van der Waals surface area contributed by atoms with Crippen LogP contribution in [0.15, 0.2) is 18.2 Å². The van der Waals surface area contributed by atoms with Gasteiger partial charge in [0.2, 0.25) is 5.91 Å². The van der Waals surface area contributed by atoms with E-state index in [1.54, 1.807) is 0 Å². The predicted octanol–water partition coefficient (Wildman–Crippen LogP) is 4.02. The van der Waals surface area contributed by atoms with Crippen molar-refractivity contribution in [2.45, 2.75) is 52.5 Å². The summed E-state index contributed by atoms with van der Waals surface area (Å²) in [6.07, 6.45) is 3.13. The summed E-state index contributed by atoms with van der Waals surface area (Å²) < 4.78 is 0. The molecule has 0 spiro atoms. The molecule has 0 unspecified atom stereocenters. The van der Waals surface area contributed by atoms with Gasteiger partial charge in [-0.25, -0.2) is 0 Å². The zero-order valence-electron chi connectivity index (χ0n) is 13.1. The molecule has 1 aromatic carbocycles. The van der Waals surface area contributed by atoms with Crippen molar-refractivity contribution in [3.05, 3.63) is 35.0 Å². The van der Waals surface area contributed by atoms with E-state index in [0.717, 1.165) is 11.2 Å². The Morgan fingerprint density at radius 1 is 1.33 bits per heavy atom. The number of rotatable bonds is 5. The molecule has 1 amide bonds. The number of amides is 1. The lowest BCUT2D eigenvalue weighted by atomic mass is 9.97. The van der Waals surface area contributed by atoms with Crippen LogP contribution in [0.1, 0.15) is 55.8 Å². The maximum Gasteiger partial charge on any atom is 0.220 e. The van der Waals surface area contributed by atoms with Gasteiger partial charge in [0.25, 0.3) is 0 Å². The fourth-order valence-electron chi connectivity index (χ4n) is 2.94. The number of fused-ring (bicyclic) bond motifs is 1. The average Bonchev–Trinajstić information content (AvgIpc) is 3.13. The Labute approximate surface area is 126 Å². The number of H-pyrrole nitrogens is 1. The molecular weight excluding hydrogens is 260 g/mol. The first-order valence-electron chi connectivity index (χ1n) is 7.91. The van der Waals surface area contributed by atoms with E-state index in [2.05, 4.69) is 49.3 Å². The van der Waals surface area contributed by atoms with Crippen LogP contribution >= 0.6 is 0 Å². The number of hydrogen-bond acceptors (Lipinski definition) is 1. The molecule has 1 heterocycles. The van der Waals surface area contributed by atoms with Crippen LogP contribution in [0.2, 0.25) is 0 Å². The summed E-state index contributed by atoms with van der Waals surface area (Å²) in [5.74, 6) is 1.35. The molecule has 1 saturated carbocycles. The maximum absolute atomic E-state index is 11.8. The largest absolute Gasteiger partial charge is 0.357 e. The second-order valence-electron chi connectivity index (χ2n) is 6.67. The van der Waals surface area contributed by atoms with Gasteiger partial charge in [-0.3, -0.25) is 4.79 Å². The summed E-state index contributed by atoms with van der Waals surface area (Å²) in [5, 5.41) is 4.24. The number of aromatic amines is 1. The van der Waals surface area contributed by atoms with Crippen molar-refractivity contribution in [2.24, 2.45) is 5.92 Å². The molecule has 0 saturated heterocycles. The Morgan fingerprint density at radius 2 is 2.10 bits per heavy atom. The van der Waals surface area contributed by atoms with Crippen LogP contribution in [0.3, 0.4) is 0 Å². The summed E-state index contributed by atoms with van der Waals surface area (Å²) in [4.78, 5) is 15.2. The zero-order valence-corrected chi connectivity index (χ0v) is 13.1. The Morgan fingerprint density at radius 3 is 2.76 bits per heavy atom. The molecule has 2 aromatic rings. The van der Waals surface area contributed by atoms with E-state index in [0.29, 0.717) is 24.8 Å². The highest BCUT2D eigenvalue weighted by Gasteiger charge is 2.24. The summed E-state index contributed by atoms with van der Waals surface area (Å²) >= 11 is 0. The van der Waals surface area contributed by atoms with Crippen LogP contribution in [0.5, 0.6) is 0 Å². The van der Waals surface area contributed by atoms with Crippen molar-refractivity contribution in [1.82, 2.24) is 10.3 Å². The quantitative estimate of drug-likeness (QED) is 0.856. The third kappa shape index (κ3) is 3.29. The van der Waals surface area contributed by atoms with E-state index >= 15 is 0 Å². The third-order valence-electron chi connectivity index (χ3n) is 4.33. The van der Waals surface area contributed by atoms with E-state index in [-0.39, 0.29) is 5.91 Å². The molecule has 112 valence electrons. The molecule has 0 bridgehead atoms. The Balaban J connectivity index is 1.72. The molecule has 1 aliphatic carbocycles. The minimum absolute atomic E-state index is 0.176. The molecule has 2 N–H and O–H groups in total. The van der Waals surface area contributed by atoms with Gasteiger partial charge in [-0.15, -0.1) is 0 Å². The summed E-state index contributed by atoms with van der Waals surface area (Å²) in [6.45, 7) is 7.20. The Bertz CT molecular complexity index is 665. The Kier molecular flexibility index (Phi) is 3.75. The molecule has 0 aliphatic heterocycles. The first-order chi connectivity index (χ1) is 10.0. The van der Waals surface area contributed by atoms with Crippen LogP contribution in [-0.4, -0.2) is 10.9 Å². The minimum atomic E-state index is 0.176. The van der Waals surface area contributed by atoms with E-state index in [1.807, 2.05) is 0 Å². The fourth-order valence-corrected chi connectivity index (χ4v) is 2.94. The van der Waals surface area contributed by atoms with Gasteiger partial charge in [0.1, 0.15) is 0 Å². The van der Waals surface area contributed by atoms with Crippen LogP contribution in [0.4, 0.5) is 0 Å². The summed E-state index contributed by atoms with van der Waals surface area (Å²) in [5.41, 5.74) is 4.96. The van der Waals surface area contributed by atoms with Crippen molar-refractivity contribution in [2.75, 3.05) is 0 Å². The normalized spacial score (nSPS) is 14.9. The number of benzene rings is 1. The maximum atomic E-state index is 11.8. The minimum Gasteiger partial charge on any atom is -0.357 e. The number of aromatic nitrogens is 1. The highest BCUT2D eigenvalue weighted by Crippen LogP contribution is 2.32. The third-order valence-corrected chi connectivity index (χ3v) is 4.33. The lowest BCUT2D eigenvalue weighted by Gasteiger charge is -2.09. The van der Waals surface area contributed by atoms with E-state index in [1.165, 1.54) is 29.4 Å². The van der Waals surface area contributed by atoms with Crippen LogP contribution in [0.25, 0.3) is 10.9 Å². The predicted molar refractivity (Wildman–Crippen MR) is 86.3 cm³/mol. The van der Waals surface area contributed by atoms with Crippen molar-refractivity contribution >= 4 is 16.8 Å². The van der Waals surface area contributed by atoms with Crippen LogP contribution in [-0.2, 0) is 11.3 Å².